The molecule has 2 fully saturated rings. The predicted octanol–water partition coefficient (Wildman–Crippen LogP) is 0.535. The van der Waals surface area contributed by atoms with Crippen LogP contribution in [0.3, 0.4) is 0 Å². The number of rotatable bonds is 1. The van der Waals surface area contributed by atoms with Gasteiger partial charge >= 0.3 is 0 Å². The summed E-state index contributed by atoms with van der Waals surface area (Å²) in [7, 11) is 1.77. The highest BCUT2D eigenvalue weighted by Crippen LogP contribution is 2.34. The molecule has 1 aliphatic carbocycles. The number of amides is 2. The van der Waals surface area contributed by atoms with Crippen molar-refractivity contribution < 1.29 is 14.3 Å². The highest BCUT2D eigenvalue weighted by atomic mass is 16.5. The summed E-state index contributed by atoms with van der Waals surface area (Å²) in [4.78, 5) is 32.4. The van der Waals surface area contributed by atoms with Crippen LogP contribution in [-0.4, -0.2) is 58.9 Å². The summed E-state index contributed by atoms with van der Waals surface area (Å²) in [6, 6.07) is 3.36. The third-order valence-corrected chi connectivity index (χ3v) is 4.56. The smallest absolute Gasteiger partial charge is 0.259 e. The van der Waals surface area contributed by atoms with E-state index in [-0.39, 0.29) is 29.9 Å². The van der Waals surface area contributed by atoms with Crippen LogP contribution in [0, 0.1) is 5.92 Å². The van der Waals surface area contributed by atoms with Gasteiger partial charge in [-0.1, -0.05) is 0 Å². The van der Waals surface area contributed by atoms with Gasteiger partial charge in [-0.05, 0) is 25.0 Å². The molecule has 6 nitrogen and oxygen atoms in total. The molecule has 3 heterocycles. The van der Waals surface area contributed by atoms with E-state index in [2.05, 4.69) is 4.98 Å². The Bertz CT molecular complexity index is 614. The van der Waals surface area contributed by atoms with E-state index in [9.17, 15) is 9.59 Å². The Hall–Kier alpha value is -2.11. The largest absolute Gasteiger partial charge is 0.470 e. The summed E-state index contributed by atoms with van der Waals surface area (Å²) in [6.07, 6.45) is 3.40. The summed E-state index contributed by atoms with van der Waals surface area (Å²) >= 11 is 0. The number of nitrogens with zero attached hydrogens (tertiary/aromatic N) is 3. The van der Waals surface area contributed by atoms with Crippen LogP contribution < -0.4 is 4.74 Å². The summed E-state index contributed by atoms with van der Waals surface area (Å²) < 4.78 is 5.93. The fraction of sp³-hybridized carbons (Fsp3) is 0.533. The molecule has 2 unspecified atom stereocenters. The molecule has 0 aromatic carbocycles. The van der Waals surface area contributed by atoms with Gasteiger partial charge in [0.2, 0.25) is 11.8 Å². The average molecular weight is 287 g/mol. The molecule has 6 heteroatoms. The molecule has 1 saturated heterocycles. The summed E-state index contributed by atoms with van der Waals surface area (Å²) in [5, 5.41) is 0. The van der Waals surface area contributed by atoms with Crippen molar-refractivity contribution in [2.75, 3.05) is 20.1 Å². The molecule has 110 valence electrons. The molecule has 4 rings (SSSR count). The highest BCUT2D eigenvalue weighted by Gasteiger charge is 2.46. The van der Waals surface area contributed by atoms with E-state index in [1.165, 1.54) is 0 Å². The van der Waals surface area contributed by atoms with Crippen LogP contribution in [0.25, 0.3) is 0 Å². The number of hydrogen-bond acceptors (Lipinski definition) is 4. The van der Waals surface area contributed by atoms with Gasteiger partial charge < -0.3 is 14.5 Å². The fourth-order valence-corrected chi connectivity index (χ4v) is 3.14. The van der Waals surface area contributed by atoms with Gasteiger partial charge in [0.1, 0.15) is 11.7 Å². The molecule has 1 aromatic heterocycles. The summed E-state index contributed by atoms with van der Waals surface area (Å²) in [6.45, 7) is 1.09. The topological polar surface area (TPSA) is 62.7 Å². The number of ether oxygens (including phenoxy) is 1. The Balaban J connectivity index is 1.63. The normalized spacial score (nSPS) is 27.8. The Morgan fingerprint density at radius 2 is 2.19 bits per heavy atom. The quantitative estimate of drug-likeness (QED) is 0.756. The lowest BCUT2D eigenvalue weighted by molar-refractivity contribution is -0.131. The molecule has 2 amide bonds. The monoisotopic (exact) mass is 287 g/mol. The van der Waals surface area contributed by atoms with Crippen LogP contribution >= 0.6 is 0 Å². The number of pyridine rings is 1. The van der Waals surface area contributed by atoms with E-state index in [1.54, 1.807) is 30.3 Å². The van der Waals surface area contributed by atoms with E-state index in [1.807, 2.05) is 4.90 Å². The van der Waals surface area contributed by atoms with Crippen LogP contribution in [0.5, 0.6) is 5.88 Å². The molecule has 1 aromatic rings. The van der Waals surface area contributed by atoms with Gasteiger partial charge in [-0.2, -0.15) is 0 Å². The zero-order chi connectivity index (χ0) is 14.6. The first-order valence-corrected chi connectivity index (χ1v) is 7.33. The Labute approximate surface area is 122 Å². The van der Waals surface area contributed by atoms with Crippen molar-refractivity contribution in [3.05, 3.63) is 23.9 Å². The van der Waals surface area contributed by atoms with E-state index in [4.69, 9.17) is 4.74 Å². The number of carbonyl (C=O) groups is 2. The first-order valence-electron chi connectivity index (χ1n) is 7.33. The standard InChI is InChI=1S/C15H17N3O3/c1-17-11-7-18(14(19)9-4-5-9)8-12(11)21-13-10(15(17)20)3-2-6-16-13/h2-3,6,9,11-12H,4-5,7-8H2,1H3. The number of carbonyl (C=O) groups excluding carboxylic acids is 2. The first-order chi connectivity index (χ1) is 10.1. The molecule has 3 aliphatic rings. The predicted molar refractivity (Wildman–Crippen MR) is 73.8 cm³/mol. The van der Waals surface area contributed by atoms with Crippen molar-refractivity contribution in [2.24, 2.45) is 5.92 Å². The summed E-state index contributed by atoms with van der Waals surface area (Å²) in [5.41, 5.74) is 0.495. The zero-order valence-electron chi connectivity index (χ0n) is 11.9. The van der Waals surface area contributed by atoms with Gasteiger partial charge in [-0.3, -0.25) is 9.59 Å². The average Bonchev–Trinajstić information content (AvgIpc) is 3.27. The maximum Gasteiger partial charge on any atom is 0.259 e. The SMILES string of the molecule is CN1C(=O)c2cccnc2OC2CN(C(=O)C3CC3)CC21. The minimum atomic E-state index is -0.196. The van der Waals surface area contributed by atoms with Crippen molar-refractivity contribution in [1.29, 1.82) is 0 Å². The van der Waals surface area contributed by atoms with Gasteiger partial charge in [-0.15, -0.1) is 0 Å². The zero-order valence-corrected chi connectivity index (χ0v) is 11.9. The molecular weight excluding hydrogens is 270 g/mol. The van der Waals surface area contributed by atoms with Gasteiger partial charge in [0, 0.05) is 25.7 Å². The molecule has 21 heavy (non-hydrogen) atoms. The van der Waals surface area contributed by atoms with Crippen molar-refractivity contribution in [1.82, 2.24) is 14.8 Å². The lowest BCUT2D eigenvalue weighted by atomic mass is 10.2. The Morgan fingerprint density at radius 1 is 1.38 bits per heavy atom. The number of hydrogen-bond donors (Lipinski definition) is 0. The molecule has 0 radical (unpaired) electrons. The van der Waals surface area contributed by atoms with Crippen molar-refractivity contribution in [3.8, 4) is 5.88 Å². The maximum atomic E-state index is 12.5. The fourth-order valence-electron chi connectivity index (χ4n) is 3.14. The third-order valence-electron chi connectivity index (χ3n) is 4.56. The van der Waals surface area contributed by atoms with Crippen molar-refractivity contribution in [3.63, 3.8) is 0 Å². The second-order valence-corrected chi connectivity index (χ2v) is 6.01. The van der Waals surface area contributed by atoms with Crippen LogP contribution in [0.15, 0.2) is 18.3 Å². The first kappa shape index (κ1) is 12.6. The lowest BCUT2D eigenvalue weighted by Gasteiger charge is -2.24. The van der Waals surface area contributed by atoms with Crippen LogP contribution in [-0.2, 0) is 4.79 Å². The van der Waals surface area contributed by atoms with E-state index in [0.29, 0.717) is 24.5 Å². The molecule has 1 saturated carbocycles. The van der Waals surface area contributed by atoms with Gasteiger partial charge in [0.05, 0.1) is 12.6 Å². The Morgan fingerprint density at radius 3 is 2.95 bits per heavy atom. The van der Waals surface area contributed by atoms with Crippen molar-refractivity contribution >= 4 is 11.8 Å². The van der Waals surface area contributed by atoms with Crippen LogP contribution in [0.4, 0.5) is 0 Å². The number of likely N-dealkylation sites (tertiary alicyclic amines) is 1. The summed E-state index contributed by atoms with van der Waals surface area (Å²) in [5.74, 6) is 0.682. The van der Waals surface area contributed by atoms with Crippen LogP contribution in [0.2, 0.25) is 0 Å². The molecule has 0 bridgehead atoms. The molecule has 2 atom stereocenters. The lowest BCUT2D eigenvalue weighted by Crippen LogP contribution is -2.44. The van der Waals surface area contributed by atoms with E-state index in [0.717, 1.165) is 12.8 Å². The molecule has 2 aliphatic heterocycles. The number of aromatic nitrogens is 1. The molecule has 0 N–H and O–H groups in total. The molecular formula is C15H17N3O3. The number of fused-ring (bicyclic) bond motifs is 2. The highest BCUT2D eigenvalue weighted by molar-refractivity contribution is 5.97. The van der Waals surface area contributed by atoms with E-state index >= 15 is 0 Å². The molecule has 0 spiro atoms. The van der Waals surface area contributed by atoms with Gasteiger partial charge in [0.15, 0.2) is 0 Å². The van der Waals surface area contributed by atoms with Gasteiger partial charge in [-0.25, -0.2) is 4.98 Å². The van der Waals surface area contributed by atoms with Gasteiger partial charge in [0.25, 0.3) is 5.91 Å². The minimum Gasteiger partial charge on any atom is -0.470 e. The second-order valence-electron chi connectivity index (χ2n) is 6.01. The third kappa shape index (κ3) is 1.97. The van der Waals surface area contributed by atoms with Crippen molar-refractivity contribution in [2.45, 2.75) is 25.0 Å². The minimum absolute atomic E-state index is 0.0914. The van der Waals surface area contributed by atoms with E-state index < -0.39 is 0 Å². The number of likely N-dealkylation sites (N-methyl/N-ethyl adjacent to an activating group) is 1. The Kier molecular flexibility index (Phi) is 2.67. The second kappa shape index (κ2) is 4.44. The van der Waals surface area contributed by atoms with Crippen LogP contribution in [0.1, 0.15) is 23.2 Å². The maximum absolute atomic E-state index is 12.5.